The Bertz CT molecular complexity index is 577. The molecule has 0 radical (unpaired) electrons. The maximum Gasteiger partial charge on any atom is 0.407 e. The van der Waals surface area contributed by atoms with Gasteiger partial charge in [-0.3, -0.25) is 10.1 Å². The molecule has 0 unspecified atom stereocenters. The highest BCUT2D eigenvalue weighted by molar-refractivity contribution is 5.67. The van der Waals surface area contributed by atoms with Gasteiger partial charge >= 0.3 is 6.09 Å². The Labute approximate surface area is 114 Å². The van der Waals surface area contributed by atoms with E-state index in [9.17, 15) is 14.9 Å². The van der Waals surface area contributed by atoms with Crippen LogP contribution in [0.5, 0.6) is 0 Å². The predicted octanol–water partition coefficient (Wildman–Crippen LogP) is 2.61. The molecule has 0 atom stereocenters. The highest BCUT2D eigenvalue weighted by atomic mass is 16.6. The lowest BCUT2D eigenvalue weighted by molar-refractivity contribution is -0.384. The van der Waals surface area contributed by atoms with Gasteiger partial charge in [0.25, 0.3) is 5.69 Å². The standard InChI is InChI=1S/C13H12N2O5/c16-13(14-8-12-2-1-7-19-12)20-9-10-3-5-11(6-4-10)15(17)18/h1-7H,8-9H2,(H,14,16). The van der Waals surface area contributed by atoms with Gasteiger partial charge in [-0.15, -0.1) is 0 Å². The normalized spacial score (nSPS) is 10.0. The Balaban J connectivity index is 1.76. The first-order valence-corrected chi connectivity index (χ1v) is 5.81. The number of nitrogens with zero attached hydrogens (tertiary/aromatic N) is 1. The van der Waals surface area contributed by atoms with Gasteiger partial charge in [0.05, 0.1) is 17.7 Å². The van der Waals surface area contributed by atoms with Crippen molar-refractivity contribution in [2.45, 2.75) is 13.2 Å². The minimum atomic E-state index is -0.584. The van der Waals surface area contributed by atoms with Crippen LogP contribution in [0, 0.1) is 10.1 Å². The number of carbonyl (C=O) groups is 1. The molecule has 0 bridgehead atoms. The van der Waals surface area contributed by atoms with Crippen LogP contribution in [-0.2, 0) is 17.9 Å². The molecular formula is C13H12N2O5. The van der Waals surface area contributed by atoms with Crippen LogP contribution in [0.25, 0.3) is 0 Å². The molecule has 0 fully saturated rings. The van der Waals surface area contributed by atoms with Crippen LogP contribution in [0.15, 0.2) is 47.1 Å². The minimum absolute atomic E-state index is 0.00368. The van der Waals surface area contributed by atoms with Gasteiger partial charge in [0.2, 0.25) is 0 Å². The second-order valence-electron chi connectivity index (χ2n) is 3.93. The van der Waals surface area contributed by atoms with Crippen molar-refractivity contribution in [2.75, 3.05) is 0 Å². The summed E-state index contributed by atoms with van der Waals surface area (Å²) >= 11 is 0. The molecule has 0 spiro atoms. The molecule has 7 nitrogen and oxygen atoms in total. The van der Waals surface area contributed by atoms with Gasteiger partial charge in [-0.2, -0.15) is 0 Å². The van der Waals surface area contributed by atoms with Gasteiger partial charge < -0.3 is 14.5 Å². The second kappa shape index (κ2) is 6.37. The number of alkyl carbamates (subject to hydrolysis) is 1. The van der Waals surface area contributed by atoms with E-state index in [1.165, 1.54) is 30.5 Å². The maximum atomic E-state index is 11.4. The first-order chi connectivity index (χ1) is 9.65. The smallest absolute Gasteiger partial charge is 0.407 e. The van der Waals surface area contributed by atoms with Crippen molar-refractivity contribution in [3.63, 3.8) is 0 Å². The van der Waals surface area contributed by atoms with Crippen LogP contribution in [-0.4, -0.2) is 11.0 Å². The first-order valence-electron chi connectivity index (χ1n) is 5.81. The van der Waals surface area contributed by atoms with Crippen LogP contribution < -0.4 is 5.32 Å². The van der Waals surface area contributed by atoms with Crippen molar-refractivity contribution in [1.82, 2.24) is 5.32 Å². The van der Waals surface area contributed by atoms with Crippen molar-refractivity contribution in [2.24, 2.45) is 0 Å². The molecule has 0 aliphatic heterocycles. The zero-order valence-corrected chi connectivity index (χ0v) is 10.4. The highest BCUT2D eigenvalue weighted by Crippen LogP contribution is 2.12. The van der Waals surface area contributed by atoms with Gasteiger partial charge in [0.15, 0.2) is 0 Å². The molecule has 2 aromatic rings. The van der Waals surface area contributed by atoms with Crippen molar-refractivity contribution in [1.29, 1.82) is 0 Å². The number of rotatable bonds is 5. The Morgan fingerprint density at radius 1 is 1.30 bits per heavy atom. The average Bonchev–Trinajstić information content (AvgIpc) is 2.96. The number of nitro groups is 1. The average molecular weight is 276 g/mol. The molecule has 0 aliphatic carbocycles. The zero-order chi connectivity index (χ0) is 14.4. The number of amides is 1. The minimum Gasteiger partial charge on any atom is -0.467 e. The van der Waals surface area contributed by atoms with Gasteiger partial charge in [-0.05, 0) is 29.8 Å². The van der Waals surface area contributed by atoms with Crippen LogP contribution in [0.2, 0.25) is 0 Å². The summed E-state index contributed by atoms with van der Waals surface area (Å²) in [4.78, 5) is 21.4. The van der Waals surface area contributed by atoms with E-state index in [0.29, 0.717) is 11.3 Å². The van der Waals surface area contributed by atoms with E-state index in [1.807, 2.05) is 0 Å². The fourth-order valence-electron chi connectivity index (χ4n) is 1.49. The topological polar surface area (TPSA) is 94.6 Å². The SMILES string of the molecule is O=C(NCc1ccco1)OCc1ccc([N+](=O)[O-])cc1. The zero-order valence-electron chi connectivity index (χ0n) is 10.4. The molecule has 7 heteroatoms. The van der Waals surface area contributed by atoms with E-state index < -0.39 is 11.0 Å². The number of non-ortho nitro benzene ring substituents is 1. The maximum absolute atomic E-state index is 11.4. The molecular weight excluding hydrogens is 264 g/mol. The Morgan fingerprint density at radius 3 is 2.65 bits per heavy atom. The van der Waals surface area contributed by atoms with E-state index in [4.69, 9.17) is 9.15 Å². The van der Waals surface area contributed by atoms with E-state index in [0.717, 1.165) is 0 Å². The van der Waals surface area contributed by atoms with Gasteiger partial charge in [-0.1, -0.05) is 0 Å². The summed E-state index contributed by atoms with van der Waals surface area (Å²) < 4.78 is 10.0. The number of carbonyl (C=O) groups excluding carboxylic acids is 1. The largest absolute Gasteiger partial charge is 0.467 e. The van der Waals surface area contributed by atoms with E-state index >= 15 is 0 Å². The third-order valence-corrected chi connectivity index (χ3v) is 2.50. The Hall–Kier alpha value is -2.83. The quantitative estimate of drug-likeness (QED) is 0.669. The summed E-state index contributed by atoms with van der Waals surface area (Å²) in [7, 11) is 0. The number of hydrogen-bond donors (Lipinski definition) is 1. The first kappa shape index (κ1) is 13.6. The second-order valence-corrected chi connectivity index (χ2v) is 3.93. The van der Waals surface area contributed by atoms with Gasteiger partial charge in [0, 0.05) is 12.1 Å². The lowest BCUT2D eigenvalue weighted by atomic mass is 10.2. The van der Waals surface area contributed by atoms with E-state index in [1.54, 1.807) is 12.1 Å². The Morgan fingerprint density at radius 2 is 2.05 bits per heavy atom. The van der Waals surface area contributed by atoms with Crippen LogP contribution >= 0.6 is 0 Å². The van der Waals surface area contributed by atoms with Crippen molar-refractivity contribution < 1.29 is 18.9 Å². The van der Waals surface area contributed by atoms with Gasteiger partial charge in [-0.25, -0.2) is 4.79 Å². The number of nitro benzene ring substituents is 1. The van der Waals surface area contributed by atoms with E-state index in [-0.39, 0.29) is 18.8 Å². The number of furan rings is 1. The Kier molecular flexibility index (Phi) is 4.33. The van der Waals surface area contributed by atoms with Crippen molar-refractivity contribution >= 4 is 11.8 Å². The lowest BCUT2D eigenvalue weighted by Gasteiger charge is -2.05. The molecule has 0 saturated carbocycles. The molecule has 1 aromatic carbocycles. The summed E-state index contributed by atoms with van der Waals surface area (Å²) in [5, 5.41) is 13.0. The van der Waals surface area contributed by atoms with Crippen molar-refractivity contribution in [3.05, 3.63) is 64.1 Å². The summed E-state index contributed by atoms with van der Waals surface area (Å²) in [6.07, 6.45) is 0.930. The summed E-state index contributed by atoms with van der Waals surface area (Å²) in [5.41, 5.74) is 0.666. The molecule has 20 heavy (non-hydrogen) atoms. The number of hydrogen-bond acceptors (Lipinski definition) is 5. The van der Waals surface area contributed by atoms with Crippen LogP contribution in [0.1, 0.15) is 11.3 Å². The van der Waals surface area contributed by atoms with Gasteiger partial charge in [0.1, 0.15) is 12.4 Å². The lowest BCUT2D eigenvalue weighted by Crippen LogP contribution is -2.23. The molecule has 2 rings (SSSR count). The fraction of sp³-hybridized carbons (Fsp3) is 0.154. The number of benzene rings is 1. The fourth-order valence-corrected chi connectivity index (χ4v) is 1.49. The summed E-state index contributed by atoms with van der Waals surface area (Å²) in [6.45, 7) is 0.286. The summed E-state index contributed by atoms with van der Waals surface area (Å²) in [6, 6.07) is 9.25. The summed E-state index contributed by atoms with van der Waals surface area (Å²) in [5.74, 6) is 0.622. The predicted molar refractivity (Wildman–Crippen MR) is 68.8 cm³/mol. The number of ether oxygens (including phenoxy) is 1. The third-order valence-electron chi connectivity index (χ3n) is 2.50. The van der Waals surface area contributed by atoms with E-state index in [2.05, 4.69) is 5.32 Å². The molecule has 0 saturated heterocycles. The monoisotopic (exact) mass is 276 g/mol. The van der Waals surface area contributed by atoms with Crippen LogP contribution in [0.4, 0.5) is 10.5 Å². The van der Waals surface area contributed by atoms with Crippen molar-refractivity contribution in [3.8, 4) is 0 Å². The molecule has 1 heterocycles. The molecule has 104 valence electrons. The molecule has 1 aromatic heterocycles. The number of nitrogens with one attached hydrogen (secondary N) is 1. The van der Waals surface area contributed by atoms with Crippen LogP contribution in [0.3, 0.4) is 0 Å². The third kappa shape index (κ3) is 3.84. The molecule has 0 aliphatic rings. The molecule has 1 N–H and O–H groups in total. The highest BCUT2D eigenvalue weighted by Gasteiger charge is 2.06. The molecule has 1 amide bonds.